The number of para-hydroxylation sites is 1. The van der Waals surface area contributed by atoms with Gasteiger partial charge in [-0.3, -0.25) is 9.78 Å². The number of nitrogens with zero attached hydrogens (tertiary/aromatic N) is 2. The van der Waals surface area contributed by atoms with Crippen LogP contribution in [0, 0.1) is 20.8 Å². The number of likely N-dealkylation sites (N-methyl/N-ethyl adjacent to an activating group) is 1. The molecule has 0 aliphatic carbocycles. The van der Waals surface area contributed by atoms with Crippen LogP contribution in [0.1, 0.15) is 27.2 Å². The highest BCUT2D eigenvalue weighted by Gasteiger charge is 2.16. The van der Waals surface area contributed by atoms with Crippen molar-refractivity contribution < 1.29 is 9.53 Å². The fourth-order valence-electron chi connectivity index (χ4n) is 2.97. The first kappa shape index (κ1) is 17.9. The molecule has 1 aromatic heterocycles. The summed E-state index contributed by atoms with van der Waals surface area (Å²) in [6.07, 6.45) is 0. The molecule has 4 nitrogen and oxygen atoms in total. The Kier molecular flexibility index (Phi) is 5.21. The van der Waals surface area contributed by atoms with E-state index in [2.05, 4.69) is 4.98 Å². The quantitative estimate of drug-likeness (QED) is 0.690. The molecule has 0 aliphatic heterocycles. The van der Waals surface area contributed by atoms with Crippen LogP contribution in [0.15, 0.2) is 48.5 Å². The van der Waals surface area contributed by atoms with E-state index >= 15 is 0 Å². The van der Waals surface area contributed by atoms with Crippen LogP contribution in [0.2, 0.25) is 0 Å². The van der Waals surface area contributed by atoms with Crippen molar-refractivity contribution in [1.82, 2.24) is 9.88 Å². The Morgan fingerprint density at radius 1 is 1.08 bits per heavy atom. The van der Waals surface area contributed by atoms with Gasteiger partial charge in [0.15, 0.2) is 0 Å². The molecule has 0 atom stereocenters. The Hall–Kier alpha value is -2.88. The third-order valence-electron chi connectivity index (χ3n) is 4.45. The molecule has 26 heavy (non-hydrogen) atoms. The smallest absolute Gasteiger partial charge is 0.254 e. The lowest BCUT2D eigenvalue weighted by molar-refractivity contribution is 0.0775. The van der Waals surface area contributed by atoms with E-state index in [-0.39, 0.29) is 5.91 Å². The highest BCUT2D eigenvalue weighted by atomic mass is 16.5. The van der Waals surface area contributed by atoms with E-state index < -0.39 is 0 Å². The third kappa shape index (κ3) is 3.85. The van der Waals surface area contributed by atoms with Crippen molar-refractivity contribution in [3.8, 4) is 5.75 Å². The maximum Gasteiger partial charge on any atom is 0.254 e. The zero-order valence-corrected chi connectivity index (χ0v) is 15.7. The van der Waals surface area contributed by atoms with Gasteiger partial charge in [-0.25, -0.2) is 0 Å². The van der Waals surface area contributed by atoms with Crippen molar-refractivity contribution >= 4 is 16.8 Å². The zero-order chi connectivity index (χ0) is 18.7. The molecular formula is C22H24N2O2. The number of benzene rings is 2. The second kappa shape index (κ2) is 7.56. The van der Waals surface area contributed by atoms with Crippen LogP contribution in [0.3, 0.4) is 0 Å². The minimum atomic E-state index is -0.0144. The summed E-state index contributed by atoms with van der Waals surface area (Å²) in [6.45, 7) is 6.92. The van der Waals surface area contributed by atoms with Crippen LogP contribution >= 0.6 is 0 Å². The Bertz CT molecular complexity index is 950. The normalized spacial score (nSPS) is 10.8. The molecule has 2 aromatic carbocycles. The van der Waals surface area contributed by atoms with Crippen LogP contribution in [-0.2, 0) is 0 Å². The van der Waals surface area contributed by atoms with Gasteiger partial charge in [0.1, 0.15) is 12.4 Å². The second-order valence-corrected chi connectivity index (χ2v) is 6.67. The number of carbonyl (C=O) groups excluding carboxylic acids is 1. The first-order valence-corrected chi connectivity index (χ1v) is 8.77. The number of hydrogen-bond acceptors (Lipinski definition) is 3. The first-order valence-electron chi connectivity index (χ1n) is 8.77. The predicted octanol–water partition coefficient (Wildman–Crippen LogP) is 4.31. The van der Waals surface area contributed by atoms with Crippen molar-refractivity contribution in [1.29, 1.82) is 0 Å². The van der Waals surface area contributed by atoms with Gasteiger partial charge in [-0.1, -0.05) is 29.8 Å². The molecule has 0 fully saturated rings. The minimum Gasteiger partial charge on any atom is -0.491 e. The Labute approximate surface area is 154 Å². The van der Waals surface area contributed by atoms with Crippen molar-refractivity contribution in [3.05, 3.63) is 70.9 Å². The van der Waals surface area contributed by atoms with Gasteiger partial charge in [0.2, 0.25) is 0 Å². The van der Waals surface area contributed by atoms with Gasteiger partial charge < -0.3 is 9.64 Å². The van der Waals surface area contributed by atoms with Gasteiger partial charge in [0.25, 0.3) is 5.91 Å². The number of pyridine rings is 1. The van der Waals surface area contributed by atoms with Crippen molar-refractivity contribution in [2.24, 2.45) is 0 Å². The molecule has 1 heterocycles. The topological polar surface area (TPSA) is 42.4 Å². The molecule has 0 saturated heterocycles. The molecule has 4 heteroatoms. The maximum absolute atomic E-state index is 13.0. The molecular weight excluding hydrogens is 324 g/mol. The number of carbonyl (C=O) groups is 1. The summed E-state index contributed by atoms with van der Waals surface area (Å²) in [6, 6.07) is 15.8. The van der Waals surface area contributed by atoms with Crippen LogP contribution in [0.25, 0.3) is 10.9 Å². The van der Waals surface area contributed by atoms with Gasteiger partial charge in [-0.2, -0.15) is 0 Å². The summed E-state index contributed by atoms with van der Waals surface area (Å²) < 4.78 is 5.82. The van der Waals surface area contributed by atoms with Crippen LogP contribution in [0.4, 0.5) is 0 Å². The first-order chi connectivity index (χ1) is 12.5. The average Bonchev–Trinajstić information content (AvgIpc) is 2.62. The lowest BCUT2D eigenvalue weighted by Crippen LogP contribution is -2.31. The standard InChI is InChI=1S/C22H24N2O2/c1-15-9-10-20-18(13-15)19(14-17(3)23-20)22(25)24(4)11-12-26-21-8-6-5-7-16(21)2/h5-10,13-14H,11-12H2,1-4H3. The van der Waals surface area contributed by atoms with E-state index in [1.54, 1.807) is 11.9 Å². The number of aryl methyl sites for hydroxylation is 3. The minimum absolute atomic E-state index is 0.0144. The van der Waals surface area contributed by atoms with E-state index in [0.29, 0.717) is 18.7 Å². The number of rotatable bonds is 5. The summed E-state index contributed by atoms with van der Waals surface area (Å²) in [7, 11) is 1.81. The molecule has 0 saturated carbocycles. The van der Waals surface area contributed by atoms with Crippen molar-refractivity contribution in [2.75, 3.05) is 20.2 Å². The summed E-state index contributed by atoms with van der Waals surface area (Å²) >= 11 is 0. The number of amides is 1. The molecule has 0 unspecified atom stereocenters. The Balaban J connectivity index is 1.75. The largest absolute Gasteiger partial charge is 0.491 e. The average molecular weight is 348 g/mol. The van der Waals surface area contributed by atoms with Gasteiger partial charge in [-0.15, -0.1) is 0 Å². The molecule has 1 amide bonds. The van der Waals surface area contributed by atoms with E-state index in [0.717, 1.165) is 33.5 Å². The monoisotopic (exact) mass is 348 g/mol. The summed E-state index contributed by atoms with van der Waals surface area (Å²) in [4.78, 5) is 19.2. The van der Waals surface area contributed by atoms with Gasteiger partial charge >= 0.3 is 0 Å². The molecule has 0 bridgehead atoms. The molecule has 3 aromatic rings. The lowest BCUT2D eigenvalue weighted by atomic mass is 10.0. The highest BCUT2D eigenvalue weighted by Crippen LogP contribution is 2.21. The van der Waals surface area contributed by atoms with Gasteiger partial charge in [-0.05, 0) is 50.6 Å². The van der Waals surface area contributed by atoms with E-state index in [1.807, 2.05) is 69.3 Å². The van der Waals surface area contributed by atoms with Crippen LogP contribution < -0.4 is 4.74 Å². The predicted molar refractivity (Wildman–Crippen MR) is 105 cm³/mol. The number of ether oxygens (including phenoxy) is 1. The van der Waals surface area contributed by atoms with Crippen LogP contribution in [0.5, 0.6) is 5.75 Å². The molecule has 0 radical (unpaired) electrons. The second-order valence-electron chi connectivity index (χ2n) is 6.67. The number of aromatic nitrogens is 1. The SMILES string of the molecule is Cc1ccc2nc(C)cc(C(=O)N(C)CCOc3ccccc3C)c2c1. The third-order valence-corrected chi connectivity index (χ3v) is 4.45. The fraction of sp³-hybridized carbons (Fsp3) is 0.273. The molecule has 0 N–H and O–H groups in total. The van der Waals surface area contributed by atoms with Gasteiger partial charge in [0.05, 0.1) is 17.6 Å². The Morgan fingerprint density at radius 3 is 2.62 bits per heavy atom. The highest BCUT2D eigenvalue weighted by molar-refractivity contribution is 6.06. The summed E-state index contributed by atoms with van der Waals surface area (Å²) in [5.74, 6) is 0.841. The maximum atomic E-state index is 13.0. The number of fused-ring (bicyclic) bond motifs is 1. The zero-order valence-electron chi connectivity index (χ0n) is 15.7. The van der Waals surface area contributed by atoms with Gasteiger partial charge in [0, 0.05) is 18.1 Å². The fourth-order valence-corrected chi connectivity index (χ4v) is 2.97. The van der Waals surface area contributed by atoms with E-state index in [9.17, 15) is 4.79 Å². The number of hydrogen-bond donors (Lipinski definition) is 0. The lowest BCUT2D eigenvalue weighted by Gasteiger charge is -2.19. The van der Waals surface area contributed by atoms with Crippen molar-refractivity contribution in [3.63, 3.8) is 0 Å². The Morgan fingerprint density at radius 2 is 1.85 bits per heavy atom. The molecule has 134 valence electrons. The summed E-state index contributed by atoms with van der Waals surface area (Å²) in [5.41, 5.74) is 4.59. The van der Waals surface area contributed by atoms with Crippen LogP contribution in [-0.4, -0.2) is 36.0 Å². The summed E-state index contributed by atoms with van der Waals surface area (Å²) in [5, 5.41) is 0.896. The molecule has 0 aliphatic rings. The molecule has 0 spiro atoms. The molecule has 3 rings (SSSR count). The van der Waals surface area contributed by atoms with Crippen molar-refractivity contribution in [2.45, 2.75) is 20.8 Å². The van der Waals surface area contributed by atoms with E-state index in [4.69, 9.17) is 4.74 Å². The van der Waals surface area contributed by atoms with E-state index in [1.165, 1.54) is 0 Å².